The van der Waals surface area contributed by atoms with Gasteiger partial charge in [0.1, 0.15) is 5.82 Å². The second-order valence-corrected chi connectivity index (χ2v) is 5.35. The first-order valence-electron chi connectivity index (χ1n) is 6.27. The zero-order chi connectivity index (χ0) is 13.6. The molecule has 0 saturated carbocycles. The number of rotatable bonds is 7. The first-order chi connectivity index (χ1) is 8.56. The maximum Gasteiger partial charge on any atom is 0.123 e. The normalized spacial score (nSPS) is 11.8. The molecule has 0 aliphatic carbocycles. The maximum atomic E-state index is 13.1. The number of hydrogen-bond donors (Lipinski definition) is 1. The Bertz CT molecular complexity index is 370. The molecule has 0 unspecified atom stereocenters. The van der Waals surface area contributed by atoms with E-state index in [4.69, 9.17) is 23.2 Å². The minimum atomic E-state index is -0.259. The molecule has 0 spiro atoms. The molecule has 0 heterocycles. The Balaban J connectivity index is 2.57. The lowest BCUT2D eigenvalue weighted by molar-refractivity contribution is 0.286. The lowest BCUT2D eigenvalue weighted by atomic mass is 9.84. The van der Waals surface area contributed by atoms with Gasteiger partial charge in [-0.3, -0.25) is 0 Å². The van der Waals surface area contributed by atoms with Gasteiger partial charge in [-0.2, -0.15) is 0 Å². The molecule has 1 rings (SSSR count). The summed E-state index contributed by atoms with van der Waals surface area (Å²) in [6.45, 7) is 5.66. The smallest absolute Gasteiger partial charge is 0.123 e. The van der Waals surface area contributed by atoms with Crippen LogP contribution in [0.5, 0.6) is 0 Å². The highest BCUT2D eigenvalue weighted by molar-refractivity contribution is 6.31. The summed E-state index contributed by atoms with van der Waals surface area (Å²) in [5, 5.41) is 3.92. The fourth-order valence-electron chi connectivity index (χ4n) is 1.88. The van der Waals surface area contributed by atoms with E-state index in [2.05, 4.69) is 19.2 Å². The summed E-state index contributed by atoms with van der Waals surface area (Å²) in [5.74, 6) is 0.370. The van der Waals surface area contributed by atoms with Crippen molar-refractivity contribution >= 4 is 23.2 Å². The fraction of sp³-hybridized carbons (Fsp3) is 0.571. The molecule has 0 amide bonds. The Morgan fingerprint density at radius 1 is 1.28 bits per heavy atom. The fourth-order valence-corrected chi connectivity index (χ4v) is 2.53. The largest absolute Gasteiger partial charge is 0.312 e. The van der Waals surface area contributed by atoms with E-state index < -0.39 is 0 Å². The van der Waals surface area contributed by atoms with Gasteiger partial charge in [0.2, 0.25) is 0 Å². The molecule has 1 nitrogen and oxygen atoms in total. The van der Waals surface area contributed by atoms with Crippen LogP contribution >= 0.6 is 23.2 Å². The first kappa shape index (κ1) is 15.7. The van der Waals surface area contributed by atoms with Gasteiger partial charge < -0.3 is 5.32 Å². The van der Waals surface area contributed by atoms with Crippen molar-refractivity contribution in [2.45, 2.75) is 33.2 Å². The summed E-state index contributed by atoms with van der Waals surface area (Å²) in [6, 6.07) is 4.42. The summed E-state index contributed by atoms with van der Waals surface area (Å²) in [5.41, 5.74) is 0.897. The van der Waals surface area contributed by atoms with Crippen LogP contribution in [0, 0.1) is 11.2 Å². The summed E-state index contributed by atoms with van der Waals surface area (Å²) in [6.07, 6.45) is 2.05. The molecule has 1 aromatic carbocycles. The molecule has 102 valence electrons. The molecular weight excluding hydrogens is 272 g/mol. The summed E-state index contributed by atoms with van der Waals surface area (Å²) in [7, 11) is 0. The zero-order valence-electron chi connectivity index (χ0n) is 10.9. The van der Waals surface area contributed by atoms with Crippen molar-refractivity contribution in [3.05, 3.63) is 34.6 Å². The van der Waals surface area contributed by atoms with Gasteiger partial charge in [0.05, 0.1) is 0 Å². The number of nitrogens with one attached hydrogen (secondary N) is 1. The lowest BCUT2D eigenvalue weighted by Crippen LogP contribution is -2.34. The average Bonchev–Trinajstić information content (AvgIpc) is 2.39. The molecular formula is C14H20Cl2FN. The van der Waals surface area contributed by atoms with E-state index in [1.807, 2.05) is 0 Å². The number of halogens is 3. The average molecular weight is 292 g/mol. The first-order valence-corrected chi connectivity index (χ1v) is 7.18. The highest BCUT2D eigenvalue weighted by Crippen LogP contribution is 2.27. The third kappa shape index (κ3) is 4.11. The predicted molar refractivity (Wildman–Crippen MR) is 76.9 cm³/mol. The summed E-state index contributed by atoms with van der Waals surface area (Å²) < 4.78 is 13.1. The Kier molecular flexibility index (Phi) is 6.40. The molecule has 4 heteroatoms. The van der Waals surface area contributed by atoms with E-state index in [1.165, 1.54) is 12.1 Å². The molecule has 0 saturated heterocycles. The molecule has 1 N–H and O–H groups in total. The maximum absolute atomic E-state index is 13.1. The van der Waals surface area contributed by atoms with Gasteiger partial charge in [0, 0.05) is 24.0 Å². The molecule has 0 fully saturated rings. The van der Waals surface area contributed by atoms with Crippen LogP contribution in [0.2, 0.25) is 5.02 Å². The molecule has 0 bridgehead atoms. The second-order valence-electron chi connectivity index (χ2n) is 4.68. The van der Waals surface area contributed by atoms with Crippen LogP contribution in [0.3, 0.4) is 0 Å². The highest BCUT2D eigenvalue weighted by atomic mass is 35.5. The minimum Gasteiger partial charge on any atom is -0.312 e. The number of alkyl halides is 1. The third-order valence-corrected chi connectivity index (χ3v) is 4.54. The molecule has 18 heavy (non-hydrogen) atoms. The molecule has 0 aliphatic rings. The SMILES string of the molecule is CCC(CC)(CCl)CNCc1cc(F)ccc1Cl. The molecule has 0 aliphatic heterocycles. The van der Waals surface area contributed by atoms with Gasteiger partial charge in [-0.05, 0) is 42.0 Å². The van der Waals surface area contributed by atoms with Crippen LogP contribution in [0.25, 0.3) is 0 Å². The van der Waals surface area contributed by atoms with E-state index in [-0.39, 0.29) is 11.2 Å². The topological polar surface area (TPSA) is 12.0 Å². The van der Waals surface area contributed by atoms with Crippen molar-refractivity contribution in [2.75, 3.05) is 12.4 Å². The van der Waals surface area contributed by atoms with Crippen LogP contribution in [0.15, 0.2) is 18.2 Å². The van der Waals surface area contributed by atoms with Crippen molar-refractivity contribution in [3.63, 3.8) is 0 Å². The Hall–Kier alpha value is -0.310. The number of hydrogen-bond acceptors (Lipinski definition) is 1. The van der Waals surface area contributed by atoms with E-state index in [1.54, 1.807) is 6.07 Å². The van der Waals surface area contributed by atoms with Gasteiger partial charge >= 0.3 is 0 Å². The van der Waals surface area contributed by atoms with Crippen LogP contribution in [0.1, 0.15) is 32.3 Å². The quantitative estimate of drug-likeness (QED) is 0.723. The molecule has 0 radical (unpaired) electrons. The van der Waals surface area contributed by atoms with Crippen LogP contribution in [-0.2, 0) is 6.54 Å². The summed E-state index contributed by atoms with van der Waals surface area (Å²) >= 11 is 12.1. The van der Waals surface area contributed by atoms with Gasteiger partial charge in [-0.15, -0.1) is 11.6 Å². The van der Waals surface area contributed by atoms with E-state index in [0.717, 1.165) is 24.9 Å². The van der Waals surface area contributed by atoms with Gasteiger partial charge in [-0.1, -0.05) is 25.4 Å². The van der Waals surface area contributed by atoms with Gasteiger partial charge in [-0.25, -0.2) is 4.39 Å². The van der Waals surface area contributed by atoms with Crippen LogP contribution < -0.4 is 5.32 Å². The van der Waals surface area contributed by atoms with E-state index >= 15 is 0 Å². The predicted octanol–water partition coefficient (Wildman–Crippen LogP) is 4.61. The monoisotopic (exact) mass is 291 g/mol. The molecule has 0 atom stereocenters. The Labute approximate surface area is 119 Å². The zero-order valence-corrected chi connectivity index (χ0v) is 12.4. The van der Waals surface area contributed by atoms with Crippen molar-refractivity contribution in [1.82, 2.24) is 5.32 Å². The van der Waals surface area contributed by atoms with Gasteiger partial charge in [0.15, 0.2) is 0 Å². The standard InChI is InChI=1S/C14H20Cl2FN/c1-3-14(4-2,9-15)10-18-8-11-7-12(17)5-6-13(11)16/h5-7,18H,3-4,8-10H2,1-2H3. The van der Waals surface area contributed by atoms with Crippen LogP contribution in [-0.4, -0.2) is 12.4 Å². The van der Waals surface area contributed by atoms with E-state index in [9.17, 15) is 4.39 Å². The van der Waals surface area contributed by atoms with Crippen molar-refractivity contribution in [1.29, 1.82) is 0 Å². The minimum absolute atomic E-state index is 0.112. The summed E-state index contributed by atoms with van der Waals surface area (Å²) in [4.78, 5) is 0. The van der Waals surface area contributed by atoms with Gasteiger partial charge in [0.25, 0.3) is 0 Å². The van der Waals surface area contributed by atoms with Crippen LogP contribution in [0.4, 0.5) is 4.39 Å². The molecule has 0 aromatic heterocycles. The Morgan fingerprint density at radius 2 is 1.94 bits per heavy atom. The highest BCUT2D eigenvalue weighted by Gasteiger charge is 2.24. The van der Waals surface area contributed by atoms with E-state index in [0.29, 0.717) is 17.4 Å². The lowest BCUT2D eigenvalue weighted by Gasteiger charge is -2.29. The Morgan fingerprint density at radius 3 is 2.50 bits per heavy atom. The van der Waals surface area contributed by atoms with Crippen molar-refractivity contribution in [2.24, 2.45) is 5.41 Å². The second kappa shape index (κ2) is 7.32. The van der Waals surface area contributed by atoms with Crippen molar-refractivity contribution in [3.8, 4) is 0 Å². The van der Waals surface area contributed by atoms with Crippen molar-refractivity contribution < 1.29 is 4.39 Å². The molecule has 1 aromatic rings. The third-order valence-electron chi connectivity index (χ3n) is 3.61. The number of benzene rings is 1.